The van der Waals surface area contributed by atoms with Crippen LogP contribution in [0, 0.1) is 17.8 Å². The Morgan fingerprint density at radius 1 is 1.10 bits per heavy atom. The maximum absolute atomic E-state index is 14.5. The molecule has 1 saturated heterocycles. The second-order valence-electron chi connectivity index (χ2n) is 15.7. The molecule has 2 saturated carbocycles. The van der Waals surface area contributed by atoms with E-state index in [1.54, 1.807) is 18.1 Å². The van der Waals surface area contributed by atoms with Crippen LogP contribution >= 0.6 is 11.6 Å². The van der Waals surface area contributed by atoms with Gasteiger partial charge in [0.15, 0.2) is 0 Å². The standard InChI is InChI=1S/C39H49ClN4O6S/c1-25-5-3-7-35(48-2)32-13-8-28(32)19-44-23-39(16-4-6-26-17-29(40)10-14-33(26)39)24-49-36-15-9-27(18-34(36)44)37(45)41-51(47,22-25)42-38(46)43-20-31(21-43)50-30-11-12-30/h3,7,9-10,14-15,17-18,25,28,30-32,35H,4-6,8,11-13,16,19-24H2,1-2H3,(H,41,42,45,46,47)/b7-3+/t25-,28-,32+,35-,39-,51-/m0/s1. The van der Waals surface area contributed by atoms with Crippen molar-refractivity contribution in [3.63, 3.8) is 0 Å². The quantitative estimate of drug-likeness (QED) is 0.355. The lowest BCUT2D eigenvalue weighted by atomic mass is 9.68. The maximum atomic E-state index is 14.5. The molecule has 12 heteroatoms. The number of allylic oxidation sites excluding steroid dienone is 1. The fourth-order valence-corrected chi connectivity index (χ4v) is 10.8. The van der Waals surface area contributed by atoms with Crippen LogP contribution < -0.4 is 14.4 Å². The Morgan fingerprint density at radius 3 is 2.71 bits per heavy atom. The first kappa shape index (κ1) is 34.9. The number of amides is 3. The highest BCUT2D eigenvalue weighted by Gasteiger charge is 2.44. The van der Waals surface area contributed by atoms with Gasteiger partial charge in [-0.25, -0.2) is 9.00 Å². The molecule has 3 heterocycles. The lowest BCUT2D eigenvalue weighted by Crippen LogP contribution is -2.58. The third kappa shape index (κ3) is 7.28. The second-order valence-corrected chi connectivity index (χ2v) is 18.2. The summed E-state index contributed by atoms with van der Waals surface area (Å²) < 4.78 is 40.1. The number of fused-ring (bicyclic) bond motifs is 4. The highest BCUT2D eigenvalue weighted by Crippen LogP contribution is 2.47. The fourth-order valence-electron chi connectivity index (χ4n) is 8.73. The highest BCUT2D eigenvalue weighted by molar-refractivity contribution is 7.92. The molecule has 0 unspecified atom stereocenters. The van der Waals surface area contributed by atoms with E-state index in [1.165, 1.54) is 11.1 Å². The Hall–Kier alpha value is -3.12. The van der Waals surface area contributed by atoms with Crippen LogP contribution in [0.3, 0.4) is 0 Å². The van der Waals surface area contributed by atoms with Crippen LogP contribution in [0.4, 0.5) is 10.5 Å². The van der Waals surface area contributed by atoms with E-state index in [4.69, 9.17) is 25.8 Å². The van der Waals surface area contributed by atoms with E-state index in [-0.39, 0.29) is 29.3 Å². The number of carbonyl (C=O) groups excluding carboxylic acids is 2. The number of hydrogen-bond acceptors (Lipinski definition) is 7. The van der Waals surface area contributed by atoms with Crippen LogP contribution in [-0.2, 0) is 31.2 Å². The number of aryl methyl sites for hydroxylation is 1. The van der Waals surface area contributed by atoms with E-state index < -0.39 is 21.9 Å². The summed E-state index contributed by atoms with van der Waals surface area (Å²) in [6.45, 7) is 4.88. The summed E-state index contributed by atoms with van der Waals surface area (Å²) in [5, 5.41) is 0.746. The summed E-state index contributed by atoms with van der Waals surface area (Å²) in [6, 6.07) is 11.2. The minimum atomic E-state index is -3.47. The molecule has 6 aliphatic rings. The molecule has 2 bridgehead atoms. The number of benzene rings is 2. The minimum absolute atomic E-state index is 0.00624. The molecular formula is C39H49ClN4O6S. The molecule has 274 valence electrons. The largest absolute Gasteiger partial charge is 0.490 e. The van der Waals surface area contributed by atoms with Gasteiger partial charge in [-0.1, -0.05) is 36.7 Å². The molecular weight excluding hydrogens is 688 g/mol. The van der Waals surface area contributed by atoms with Crippen molar-refractivity contribution < 1.29 is 28.0 Å². The molecule has 3 aliphatic carbocycles. The van der Waals surface area contributed by atoms with Crippen molar-refractivity contribution in [1.29, 1.82) is 0 Å². The van der Waals surface area contributed by atoms with Crippen LogP contribution in [0.1, 0.15) is 73.4 Å². The molecule has 3 aliphatic heterocycles. The zero-order valence-electron chi connectivity index (χ0n) is 29.6. The Bertz CT molecular complexity index is 1840. The fraction of sp³-hybridized carbons (Fsp3) is 0.590. The molecule has 2 aromatic rings. The average molecular weight is 737 g/mol. The molecule has 10 nitrogen and oxygen atoms in total. The van der Waals surface area contributed by atoms with Crippen molar-refractivity contribution in [1.82, 2.24) is 9.62 Å². The van der Waals surface area contributed by atoms with Crippen molar-refractivity contribution in [2.24, 2.45) is 22.1 Å². The Kier molecular flexibility index (Phi) is 9.61. The lowest BCUT2D eigenvalue weighted by Gasteiger charge is -2.46. The van der Waals surface area contributed by atoms with Crippen molar-refractivity contribution in [2.75, 3.05) is 50.5 Å². The maximum Gasteiger partial charge on any atom is 0.330 e. The third-order valence-corrected chi connectivity index (χ3v) is 14.0. The molecule has 1 spiro atoms. The molecule has 0 radical (unpaired) electrons. The van der Waals surface area contributed by atoms with Gasteiger partial charge in [-0.2, -0.15) is 0 Å². The van der Waals surface area contributed by atoms with E-state index in [1.807, 2.05) is 25.1 Å². The molecule has 3 amide bonds. The normalized spacial score (nSPS) is 33.0. The van der Waals surface area contributed by atoms with Gasteiger partial charge in [0, 0.05) is 36.2 Å². The van der Waals surface area contributed by atoms with Gasteiger partial charge < -0.3 is 24.0 Å². The van der Waals surface area contributed by atoms with Gasteiger partial charge in [-0.3, -0.25) is 9.52 Å². The second kappa shape index (κ2) is 14.0. The van der Waals surface area contributed by atoms with Gasteiger partial charge in [0.2, 0.25) is 0 Å². The van der Waals surface area contributed by atoms with Crippen LogP contribution in [0.25, 0.3) is 0 Å². The predicted octanol–water partition coefficient (Wildman–Crippen LogP) is 6.55. The van der Waals surface area contributed by atoms with Gasteiger partial charge in [-0.05, 0) is 111 Å². The van der Waals surface area contributed by atoms with Crippen LogP contribution in [0.5, 0.6) is 5.75 Å². The number of carbonyl (C=O) groups is 2. The van der Waals surface area contributed by atoms with Gasteiger partial charge in [0.1, 0.15) is 15.7 Å². The summed E-state index contributed by atoms with van der Waals surface area (Å²) >= 11 is 6.46. The Labute approximate surface area is 306 Å². The smallest absolute Gasteiger partial charge is 0.330 e. The number of urea groups is 1. The third-order valence-electron chi connectivity index (χ3n) is 11.8. The zero-order valence-corrected chi connectivity index (χ0v) is 31.1. The monoisotopic (exact) mass is 736 g/mol. The van der Waals surface area contributed by atoms with Crippen LogP contribution in [0.15, 0.2) is 52.9 Å². The Morgan fingerprint density at radius 2 is 1.94 bits per heavy atom. The van der Waals surface area contributed by atoms with E-state index in [0.717, 1.165) is 68.7 Å². The number of rotatable bonds is 4. The SMILES string of the molecule is CO[C@H]1/C=C/C[C@H](C)C[S@@](=O)(NC(=O)N2CC(OC3CC3)C2)=NC(=O)c2ccc3c(c2)N(C[C@@H]2CC[C@H]21)C[C@@]1(CCCc2cc(Cl)ccc21)CO3. The van der Waals surface area contributed by atoms with E-state index in [9.17, 15) is 13.8 Å². The molecule has 6 atom stereocenters. The summed E-state index contributed by atoms with van der Waals surface area (Å²) in [5.74, 6) is 0.775. The summed E-state index contributed by atoms with van der Waals surface area (Å²) in [4.78, 5) is 31.3. The minimum Gasteiger partial charge on any atom is -0.490 e. The van der Waals surface area contributed by atoms with Gasteiger partial charge in [0.25, 0.3) is 5.91 Å². The van der Waals surface area contributed by atoms with Gasteiger partial charge in [0.05, 0.1) is 49.4 Å². The zero-order chi connectivity index (χ0) is 35.3. The average Bonchev–Trinajstić information content (AvgIpc) is 3.90. The molecule has 51 heavy (non-hydrogen) atoms. The van der Waals surface area contributed by atoms with Crippen molar-refractivity contribution in [2.45, 2.75) is 82.0 Å². The number of methoxy groups -OCH3 is 1. The molecule has 1 N–H and O–H groups in total. The number of halogens is 1. The molecule has 0 aromatic heterocycles. The Balaban J connectivity index is 1.14. The first-order chi connectivity index (χ1) is 24.6. The molecule has 2 aromatic carbocycles. The van der Waals surface area contributed by atoms with Crippen molar-refractivity contribution >= 4 is 39.1 Å². The number of anilines is 1. The van der Waals surface area contributed by atoms with E-state index >= 15 is 0 Å². The lowest BCUT2D eigenvalue weighted by molar-refractivity contribution is -0.0434. The number of nitrogens with zero attached hydrogens (tertiary/aromatic N) is 3. The molecule has 3 fully saturated rings. The number of likely N-dealkylation sites (tertiary alicyclic amines) is 1. The number of ether oxygens (including phenoxy) is 3. The predicted molar refractivity (Wildman–Crippen MR) is 198 cm³/mol. The van der Waals surface area contributed by atoms with Gasteiger partial charge in [-0.15, -0.1) is 4.36 Å². The van der Waals surface area contributed by atoms with Crippen LogP contribution in [-0.4, -0.2) is 85.0 Å². The van der Waals surface area contributed by atoms with Crippen molar-refractivity contribution in [3.05, 3.63) is 70.3 Å². The van der Waals surface area contributed by atoms with E-state index in [2.05, 4.69) is 38.3 Å². The van der Waals surface area contributed by atoms with Crippen molar-refractivity contribution in [3.8, 4) is 5.75 Å². The number of nitrogens with one attached hydrogen (secondary N) is 1. The summed E-state index contributed by atoms with van der Waals surface area (Å²) in [5.41, 5.74) is 3.46. The van der Waals surface area contributed by atoms with E-state index in [0.29, 0.717) is 55.4 Å². The topological polar surface area (TPSA) is 110 Å². The summed E-state index contributed by atoms with van der Waals surface area (Å²) in [7, 11) is -1.70. The van der Waals surface area contributed by atoms with Crippen LogP contribution in [0.2, 0.25) is 5.02 Å². The highest BCUT2D eigenvalue weighted by atomic mass is 35.5. The number of hydrogen-bond donors (Lipinski definition) is 1. The summed E-state index contributed by atoms with van der Waals surface area (Å²) in [6.07, 6.45) is 12.4. The first-order valence-corrected chi connectivity index (χ1v) is 20.7. The first-order valence-electron chi connectivity index (χ1n) is 18.6. The molecule has 8 rings (SSSR count). The van der Waals surface area contributed by atoms with Gasteiger partial charge >= 0.3 is 6.03 Å².